The molecule has 19 heavy (non-hydrogen) atoms. The summed E-state index contributed by atoms with van der Waals surface area (Å²) in [5, 5.41) is 30.8. The smallest absolute Gasteiger partial charge is 0.259 e. The second kappa shape index (κ2) is 4.89. The second-order valence-corrected chi connectivity index (χ2v) is 4.13. The SMILES string of the molecule is Cc1cc(O)ccc1NC(=O)c1cccc(O)c1O. The van der Waals surface area contributed by atoms with Crippen LogP contribution in [0.5, 0.6) is 17.2 Å². The maximum atomic E-state index is 12.0. The molecular weight excluding hydrogens is 246 g/mol. The van der Waals surface area contributed by atoms with Crippen LogP contribution in [-0.4, -0.2) is 21.2 Å². The van der Waals surface area contributed by atoms with Crippen LogP contribution in [0.25, 0.3) is 0 Å². The molecule has 5 nitrogen and oxygen atoms in total. The fourth-order valence-corrected chi connectivity index (χ4v) is 1.69. The molecule has 0 fully saturated rings. The zero-order valence-electron chi connectivity index (χ0n) is 10.2. The Balaban J connectivity index is 2.28. The van der Waals surface area contributed by atoms with Gasteiger partial charge in [0.1, 0.15) is 5.75 Å². The number of aromatic hydroxyl groups is 3. The predicted octanol–water partition coefficient (Wildman–Crippen LogP) is 2.36. The van der Waals surface area contributed by atoms with Crippen molar-refractivity contribution in [1.29, 1.82) is 0 Å². The summed E-state index contributed by atoms with van der Waals surface area (Å²) in [6.07, 6.45) is 0. The Morgan fingerprint density at radius 3 is 2.53 bits per heavy atom. The molecule has 0 saturated carbocycles. The summed E-state index contributed by atoms with van der Waals surface area (Å²) in [6, 6.07) is 8.68. The number of para-hydroxylation sites is 1. The number of phenolic OH excluding ortho intramolecular Hbond substituents is 3. The Morgan fingerprint density at radius 2 is 1.84 bits per heavy atom. The molecule has 2 aromatic rings. The van der Waals surface area contributed by atoms with Crippen LogP contribution < -0.4 is 5.32 Å². The van der Waals surface area contributed by atoms with Gasteiger partial charge in [0.25, 0.3) is 5.91 Å². The molecule has 0 unspecified atom stereocenters. The Bertz CT molecular complexity index is 637. The molecule has 2 rings (SSSR count). The summed E-state index contributed by atoms with van der Waals surface area (Å²) in [7, 11) is 0. The average molecular weight is 259 g/mol. The molecule has 0 atom stereocenters. The van der Waals surface area contributed by atoms with Crippen molar-refractivity contribution in [3.8, 4) is 17.2 Å². The number of benzene rings is 2. The van der Waals surface area contributed by atoms with Crippen molar-refractivity contribution in [2.24, 2.45) is 0 Å². The first-order valence-electron chi connectivity index (χ1n) is 5.61. The number of amides is 1. The summed E-state index contributed by atoms with van der Waals surface area (Å²) >= 11 is 0. The highest BCUT2D eigenvalue weighted by molar-refractivity contribution is 6.06. The van der Waals surface area contributed by atoms with Gasteiger partial charge in [0, 0.05) is 5.69 Å². The summed E-state index contributed by atoms with van der Waals surface area (Å²) in [5.74, 6) is -1.25. The van der Waals surface area contributed by atoms with Gasteiger partial charge >= 0.3 is 0 Å². The third kappa shape index (κ3) is 2.60. The van der Waals surface area contributed by atoms with Crippen LogP contribution >= 0.6 is 0 Å². The molecular formula is C14H13NO4. The van der Waals surface area contributed by atoms with E-state index in [4.69, 9.17) is 0 Å². The summed E-state index contributed by atoms with van der Waals surface area (Å²) in [5.41, 5.74) is 1.19. The molecule has 0 aliphatic heterocycles. The quantitative estimate of drug-likeness (QED) is 0.492. The van der Waals surface area contributed by atoms with Gasteiger partial charge in [-0.15, -0.1) is 0 Å². The van der Waals surface area contributed by atoms with Gasteiger partial charge in [0.15, 0.2) is 11.5 Å². The van der Waals surface area contributed by atoms with Gasteiger partial charge in [0.05, 0.1) is 5.56 Å². The number of nitrogens with one attached hydrogen (secondary N) is 1. The van der Waals surface area contributed by atoms with E-state index >= 15 is 0 Å². The number of rotatable bonds is 2. The number of phenols is 3. The van der Waals surface area contributed by atoms with Crippen LogP contribution in [0.1, 0.15) is 15.9 Å². The first-order valence-corrected chi connectivity index (χ1v) is 5.61. The molecule has 98 valence electrons. The molecule has 0 saturated heterocycles. The molecule has 0 radical (unpaired) electrons. The van der Waals surface area contributed by atoms with E-state index in [1.807, 2.05) is 0 Å². The summed E-state index contributed by atoms with van der Waals surface area (Å²) < 4.78 is 0. The van der Waals surface area contributed by atoms with Gasteiger partial charge in [-0.2, -0.15) is 0 Å². The molecule has 0 aromatic heterocycles. The van der Waals surface area contributed by atoms with E-state index in [2.05, 4.69) is 5.32 Å². The minimum Gasteiger partial charge on any atom is -0.508 e. The van der Waals surface area contributed by atoms with Crippen LogP contribution in [0.2, 0.25) is 0 Å². The number of hydrogen-bond acceptors (Lipinski definition) is 4. The van der Waals surface area contributed by atoms with Crippen molar-refractivity contribution < 1.29 is 20.1 Å². The van der Waals surface area contributed by atoms with Crippen molar-refractivity contribution >= 4 is 11.6 Å². The van der Waals surface area contributed by atoms with Crippen molar-refractivity contribution in [3.05, 3.63) is 47.5 Å². The van der Waals surface area contributed by atoms with Gasteiger partial charge in [-0.1, -0.05) is 6.07 Å². The minimum absolute atomic E-state index is 0.0209. The fourth-order valence-electron chi connectivity index (χ4n) is 1.69. The largest absolute Gasteiger partial charge is 0.508 e. The van der Waals surface area contributed by atoms with Crippen LogP contribution in [-0.2, 0) is 0 Å². The van der Waals surface area contributed by atoms with E-state index in [9.17, 15) is 20.1 Å². The highest BCUT2D eigenvalue weighted by Crippen LogP contribution is 2.29. The van der Waals surface area contributed by atoms with E-state index in [1.165, 1.54) is 30.3 Å². The van der Waals surface area contributed by atoms with Crippen LogP contribution in [0, 0.1) is 6.92 Å². The molecule has 0 aliphatic rings. The zero-order valence-corrected chi connectivity index (χ0v) is 10.2. The van der Waals surface area contributed by atoms with Gasteiger partial charge in [-0.05, 0) is 42.8 Å². The van der Waals surface area contributed by atoms with E-state index < -0.39 is 11.7 Å². The summed E-state index contributed by atoms with van der Waals surface area (Å²) in [4.78, 5) is 12.0. The molecule has 0 aliphatic carbocycles. The minimum atomic E-state index is -0.540. The monoisotopic (exact) mass is 259 g/mol. The van der Waals surface area contributed by atoms with Crippen molar-refractivity contribution in [2.75, 3.05) is 5.32 Å². The average Bonchev–Trinajstić information content (AvgIpc) is 2.36. The first-order chi connectivity index (χ1) is 8.99. The highest BCUT2D eigenvalue weighted by Gasteiger charge is 2.14. The standard InChI is InChI=1S/C14H13NO4/c1-8-7-9(16)5-6-11(8)15-14(19)10-3-2-4-12(17)13(10)18/h2-7,16-18H,1H3,(H,15,19). The van der Waals surface area contributed by atoms with Crippen molar-refractivity contribution in [1.82, 2.24) is 0 Å². The third-order valence-electron chi connectivity index (χ3n) is 2.72. The third-order valence-corrected chi connectivity index (χ3v) is 2.72. The van der Waals surface area contributed by atoms with Gasteiger partial charge < -0.3 is 20.6 Å². The number of hydrogen-bond donors (Lipinski definition) is 4. The van der Waals surface area contributed by atoms with E-state index in [0.717, 1.165) is 0 Å². The second-order valence-electron chi connectivity index (χ2n) is 4.13. The molecule has 4 N–H and O–H groups in total. The van der Waals surface area contributed by atoms with Crippen LogP contribution in [0.15, 0.2) is 36.4 Å². The Kier molecular flexibility index (Phi) is 3.29. The number of carbonyl (C=O) groups is 1. The summed E-state index contributed by atoms with van der Waals surface area (Å²) in [6.45, 7) is 1.73. The lowest BCUT2D eigenvalue weighted by atomic mass is 10.1. The van der Waals surface area contributed by atoms with Crippen molar-refractivity contribution in [3.63, 3.8) is 0 Å². The maximum absolute atomic E-state index is 12.0. The Morgan fingerprint density at radius 1 is 1.11 bits per heavy atom. The fraction of sp³-hybridized carbons (Fsp3) is 0.0714. The molecule has 0 bridgehead atoms. The van der Waals surface area contributed by atoms with E-state index in [1.54, 1.807) is 13.0 Å². The first kappa shape index (κ1) is 12.8. The maximum Gasteiger partial charge on any atom is 0.259 e. The molecule has 2 aromatic carbocycles. The lowest BCUT2D eigenvalue weighted by Crippen LogP contribution is -2.12. The zero-order chi connectivity index (χ0) is 14.0. The molecule has 1 amide bonds. The van der Waals surface area contributed by atoms with Crippen LogP contribution in [0.4, 0.5) is 5.69 Å². The van der Waals surface area contributed by atoms with Crippen LogP contribution in [0.3, 0.4) is 0 Å². The van der Waals surface area contributed by atoms with Gasteiger partial charge in [-0.3, -0.25) is 4.79 Å². The van der Waals surface area contributed by atoms with Crippen molar-refractivity contribution in [2.45, 2.75) is 6.92 Å². The lowest BCUT2D eigenvalue weighted by Gasteiger charge is -2.10. The lowest BCUT2D eigenvalue weighted by molar-refractivity contribution is 0.102. The van der Waals surface area contributed by atoms with Gasteiger partial charge in [0.2, 0.25) is 0 Å². The Hall–Kier alpha value is -2.69. The predicted molar refractivity (Wildman–Crippen MR) is 70.6 cm³/mol. The normalized spacial score (nSPS) is 10.2. The van der Waals surface area contributed by atoms with Gasteiger partial charge in [-0.25, -0.2) is 0 Å². The topological polar surface area (TPSA) is 89.8 Å². The number of anilines is 1. The molecule has 0 heterocycles. The molecule has 5 heteroatoms. The number of aryl methyl sites for hydroxylation is 1. The Labute approximate surface area is 109 Å². The van der Waals surface area contributed by atoms with E-state index in [0.29, 0.717) is 11.3 Å². The van der Waals surface area contributed by atoms with E-state index in [-0.39, 0.29) is 17.1 Å². The molecule has 0 spiro atoms. The highest BCUT2D eigenvalue weighted by atomic mass is 16.3. The number of carbonyl (C=O) groups excluding carboxylic acids is 1.